The number of sulfone groups is 1. The maximum atomic E-state index is 11.5. The zero-order valence-corrected chi connectivity index (χ0v) is 12.5. The van der Waals surface area contributed by atoms with E-state index in [2.05, 4.69) is 0 Å². The first-order valence-corrected chi connectivity index (χ1v) is 8.05. The molecular weight excluding hydrogens is 290 g/mol. The lowest BCUT2D eigenvalue weighted by molar-refractivity contribution is 0.101. The Kier molecular flexibility index (Phi) is 3.99. The molecule has 110 valence electrons. The first kappa shape index (κ1) is 15.1. The summed E-state index contributed by atoms with van der Waals surface area (Å²) in [5.74, 6) is 0.625. The third kappa shape index (κ3) is 3.61. The summed E-state index contributed by atoms with van der Waals surface area (Å²) in [5, 5.41) is 0. The molecule has 0 amide bonds. The Morgan fingerprint density at radius 2 is 1.76 bits per heavy atom. The molecule has 2 rings (SSSR count). The van der Waals surface area contributed by atoms with Gasteiger partial charge in [-0.15, -0.1) is 0 Å². The highest BCUT2D eigenvalue weighted by Crippen LogP contribution is 2.27. The SMILES string of the molecule is CC(=O)c1cc(Oc2cccc(S(C)(=O)=O)c2)ccc1N. The summed E-state index contributed by atoms with van der Waals surface area (Å²) in [6.45, 7) is 1.42. The maximum Gasteiger partial charge on any atom is 0.175 e. The molecule has 6 heteroatoms. The van der Waals surface area contributed by atoms with Gasteiger partial charge in [0.25, 0.3) is 0 Å². The fourth-order valence-electron chi connectivity index (χ4n) is 1.81. The number of carbonyl (C=O) groups is 1. The zero-order valence-electron chi connectivity index (χ0n) is 11.7. The predicted octanol–water partition coefficient (Wildman–Crippen LogP) is 2.67. The van der Waals surface area contributed by atoms with E-state index in [4.69, 9.17) is 10.5 Å². The third-order valence-corrected chi connectivity index (χ3v) is 3.98. The molecule has 0 saturated carbocycles. The van der Waals surface area contributed by atoms with Crippen LogP contribution in [0.1, 0.15) is 17.3 Å². The molecule has 0 aliphatic heterocycles. The molecule has 5 nitrogen and oxygen atoms in total. The standard InChI is InChI=1S/C15H15NO4S/c1-10(17)14-9-12(6-7-15(14)16)20-11-4-3-5-13(8-11)21(2,18)19/h3-9H,16H2,1-2H3. The molecular formula is C15H15NO4S. The molecule has 0 fully saturated rings. The topological polar surface area (TPSA) is 86.5 Å². The van der Waals surface area contributed by atoms with Gasteiger partial charge in [-0.1, -0.05) is 6.07 Å². The summed E-state index contributed by atoms with van der Waals surface area (Å²) in [6.07, 6.45) is 1.13. The van der Waals surface area contributed by atoms with Gasteiger partial charge >= 0.3 is 0 Å². The highest BCUT2D eigenvalue weighted by Gasteiger charge is 2.10. The quantitative estimate of drug-likeness (QED) is 0.693. The second-order valence-corrected chi connectivity index (χ2v) is 6.67. The Morgan fingerprint density at radius 3 is 2.38 bits per heavy atom. The Bertz CT molecular complexity index is 797. The molecule has 2 aromatic carbocycles. The number of ketones is 1. The van der Waals surface area contributed by atoms with Crippen LogP contribution in [-0.2, 0) is 9.84 Å². The van der Waals surface area contributed by atoms with E-state index in [9.17, 15) is 13.2 Å². The molecule has 0 aliphatic rings. The van der Waals surface area contributed by atoms with Gasteiger partial charge in [-0.2, -0.15) is 0 Å². The first-order chi connectivity index (χ1) is 9.77. The molecule has 0 heterocycles. The molecule has 0 saturated heterocycles. The van der Waals surface area contributed by atoms with Crippen molar-refractivity contribution in [2.24, 2.45) is 0 Å². The van der Waals surface area contributed by atoms with Gasteiger partial charge in [-0.25, -0.2) is 8.42 Å². The summed E-state index contributed by atoms with van der Waals surface area (Å²) >= 11 is 0. The number of carbonyl (C=O) groups excluding carboxylic acids is 1. The minimum absolute atomic E-state index is 0.164. The molecule has 0 aliphatic carbocycles. The van der Waals surface area contributed by atoms with E-state index in [1.165, 1.54) is 25.1 Å². The number of Topliss-reactive ketones (excluding diaryl/α,β-unsaturated/α-hetero) is 1. The molecule has 0 bridgehead atoms. The third-order valence-electron chi connectivity index (χ3n) is 2.87. The fourth-order valence-corrected chi connectivity index (χ4v) is 2.46. The fraction of sp³-hybridized carbons (Fsp3) is 0.133. The number of ether oxygens (including phenoxy) is 1. The van der Waals surface area contributed by atoms with Crippen molar-refractivity contribution in [3.63, 3.8) is 0 Å². The van der Waals surface area contributed by atoms with Crippen molar-refractivity contribution in [1.82, 2.24) is 0 Å². The average molecular weight is 305 g/mol. The summed E-state index contributed by atoms with van der Waals surface area (Å²) < 4.78 is 28.6. The van der Waals surface area contributed by atoms with Crippen LogP contribution in [0.2, 0.25) is 0 Å². The number of benzene rings is 2. The Hall–Kier alpha value is -2.34. The molecule has 0 unspecified atom stereocenters. The molecule has 0 aromatic heterocycles. The lowest BCUT2D eigenvalue weighted by atomic mass is 10.1. The van der Waals surface area contributed by atoms with E-state index >= 15 is 0 Å². The van der Waals surface area contributed by atoms with Crippen LogP contribution in [0.5, 0.6) is 11.5 Å². The molecule has 0 spiro atoms. The van der Waals surface area contributed by atoms with E-state index in [0.717, 1.165) is 6.26 Å². The van der Waals surface area contributed by atoms with Crippen LogP contribution in [0.25, 0.3) is 0 Å². The highest BCUT2D eigenvalue weighted by atomic mass is 32.2. The van der Waals surface area contributed by atoms with E-state index < -0.39 is 9.84 Å². The number of anilines is 1. The lowest BCUT2D eigenvalue weighted by Crippen LogP contribution is -2.00. The van der Waals surface area contributed by atoms with Crippen molar-refractivity contribution in [2.45, 2.75) is 11.8 Å². The van der Waals surface area contributed by atoms with Gasteiger partial charge < -0.3 is 10.5 Å². The summed E-state index contributed by atoms with van der Waals surface area (Å²) in [4.78, 5) is 11.6. The van der Waals surface area contributed by atoms with Crippen LogP contribution >= 0.6 is 0 Å². The zero-order chi connectivity index (χ0) is 15.6. The second kappa shape index (κ2) is 5.57. The molecule has 0 atom stereocenters. The number of hydrogen-bond acceptors (Lipinski definition) is 5. The smallest absolute Gasteiger partial charge is 0.175 e. The summed E-state index contributed by atoms with van der Waals surface area (Å²) in [6, 6.07) is 10.9. The van der Waals surface area contributed by atoms with Gasteiger partial charge in [-0.05, 0) is 43.3 Å². The lowest BCUT2D eigenvalue weighted by Gasteiger charge is -2.09. The molecule has 2 N–H and O–H groups in total. The monoisotopic (exact) mass is 305 g/mol. The minimum atomic E-state index is -3.30. The van der Waals surface area contributed by atoms with E-state index in [-0.39, 0.29) is 10.7 Å². The predicted molar refractivity (Wildman–Crippen MR) is 80.5 cm³/mol. The van der Waals surface area contributed by atoms with Crippen LogP contribution in [0.4, 0.5) is 5.69 Å². The van der Waals surface area contributed by atoms with Gasteiger partial charge in [0.2, 0.25) is 0 Å². The number of nitrogens with two attached hydrogens (primary N) is 1. The normalized spacial score (nSPS) is 11.1. The second-order valence-electron chi connectivity index (χ2n) is 4.65. The van der Waals surface area contributed by atoms with Crippen LogP contribution in [0.15, 0.2) is 47.4 Å². The Balaban J connectivity index is 2.35. The van der Waals surface area contributed by atoms with Crippen molar-refractivity contribution >= 4 is 21.3 Å². The van der Waals surface area contributed by atoms with Crippen molar-refractivity contribution < 1.29 is 17.9 Å². The number of nitrogen functional groups attached to an aromatic ring is 1. The van der Waals surface area contributed by atoms with Crippen LogP contribution in [0, 0.1) is 0 Å². The van der Waals surface area contributed by atoms with Gasteiger partial charge in [0, 0.05) is 17.5 Å². The van der Waals surface area contributed by atoms with E-state index in [1.807, 2.05) is 0 Å². The van der Waals surface area contributed by atoms with Crippen LogP contribution in [-0.4, -0.2) is 20.5 Å². The Labute approximate surface area is 123 Å². The van der Waals surface area contributed by atoms with Crippen molar-refractivity contribution in [1.29, 1.82) is 0 Å². The Morgan fingerprint density at radius 1 is 1.10 bits per heavy atom. The van der Waals surface area contributed by atoms with Crippen LogP contribution < -0.4 is 10.5 Å². The van der Waals surface area contributed by atoms with Crippen molar-refractivity contribution in [3.05, 3.63) is 48.0 Å². The molecule has 2 aromatic rings. The summed E-state index contributed by atoms with van der Waals surface area (Å²) in [5.41, 5.74) is 6.45. The van der Waals surface area contributed by atoms with Gasteiger partial charge in [0.05, 0.1) is 4.90 Å². The molecule has 21 heavy (non-hydrogen) atoms. The molecule has 0 radical (unpaired) electrons. The van der Waals surface area contributed by atoms with E-state index in [1.54, 1.807) is 24.3 Å². The number of rotatable bonds is 4. The largest absolute Gasteiger partial charge is 0.457 e. The minimum Gasteiger partial charge on any atom is -0.457 e. The van der Waals surface area contributed by atoms with Crippen molar-refractivity contribution in [3.8, 4) is 11.5 Å². The van der Waals surface area contributed by atoms with E-state index in [0.29, 0.717) is 22.7 Å². The van der Waals surface area contributed by atoms with Gasteiger partial charge in [0.1, 0.15) is 11.5 Å². The van der Waals surface area contributed by atoms with Gasteiger partial charge in [0.15, 0.2) is 15.6 Å². The van der Waals surface area contributed by atoms with Crippen molar-refractivity contribution in [2.75, 3.05) is 12.0 Å². The van der Waals surface area contributed by atoms with Crippen LogP contribution in [0.3, 0.4) is 0 Å². The summed E-state index contributed by atoms with van der Waals surface area (Å²) in [7, 11) is -3.30. The first-order valence-electron chi connectivity index (χ1n) is 6.16. The maximum absolute atomic E-state index is 11.5. The van der Waals surface area contributed by atoms with Gasteiger partial charge in [-0.3, -0.25) is 4.79 Å². The average Bonchev–Trinajstić information content (AvgIpc) is 2.40. The number of hydrogen-bond donors (Lipinski definition) is 1. The highest BCUT2D eigenvalue weighted by molar-refractivity contribution is 7.90.